The third-order valence-corrected chi connectivity index (χ3v) is 11.3. The highest BCUT2D eigenvalue weighted by Gasteiger charge is 2.22. The zero-order valence-electron chi connectivity index (χ0n) is 29.0. The van der Waals surface area contributed by atoms with E-state index >= 15 is 0 Å². The van der Waals surface area contributed by atoms with Crippen LogP contribution in [-0.4, -0.2) is 67.4 Å². The SMILES string of the molecule is CCN(Cc1cccc(S(=O)(=O)[O-])c1)c1ccc(C(=C2C=CC(=[N+](CC)Cc3cccc(S(=O)(=O)[O-])c3)C=C2)c2ccc(O)cc2S(=O)(=O)[O-])c(C)c1. The van der Waals surface area contributed by atoms with E-state index in [-0.39, 0.29) is 28.4 Å². The number of rotatable bonds is 12. The Balaban J connectivity index is 1.60. The second kappa shape index (κ2) is 15.6. The Hall–Kier alpha value is -4.90. The number of phenolic OH excluding ortho intramolecular Hbond substituents is 1. The van der Waals surface area contributed by atoms with Gasteiger partial charge in [-0.2, -0.15) is 0 Å². The summed E-state index contributed by atoms with van der Waals surface area (Å²) in [5.41, 5.74) is 5.05. The predicted octanol–water partition coefficient (Wildman–Crippen LogP) is 5.04. The predicted molar refractivity (Wildman–Crippen MR) is 197 cm³/mol. The van der Waals surface area contributed by atoms with Crippen molar-refractivity contribution in [3.63, 3.8) is 0 Å². The number of allylic oxidation sites excluding steroid dienone is 5. The lowest BCUT2D eigenvalue weighted by molar-refractivity contribution is -0.539. The molecular formula is C38H36N2O10S3-2. The van der Waals surface area contributed by atoms with Gasteiger partial charge in [0.2, 0.25) is 0 Å². The van der Waals surface area contributed by atoms with Gasteiger partial charge in [-0.3, -0.25) is 0 Å². The maximum absolute atomic E-state index is 12.5. The Labute approximate surface area is 309 Å². The van der Waals surface area contributed by atoms with Crippen molar-refractivity contribution in [3.05, 3.63) is 143 Å². The van der Waals surface area contributed by atoms with Crippen LogP contribution in [0.25, 0.3) is 5.57 Å². The molecule has 12 nitrogen and oxygen atoms in total. The second-order valence-corrected chi connectivity index (χ2v) is 16.4. The van der Waals surface area contributed by atoms with Crippen LogP contribution in [-0.2, 0) is 43.4 Å². The highest BCUT2D eigenvalue weighted by molar-refractivity contribution is 7.86. The van der Waals surface area contributed by atoms with Gasteiger partial charge in [-0.25, -0.2) is 29.8 Å². The lowest BCUT2D eigenvalue weighted by atomic mass is 9.88. The summed E-state index contributed by atoms with van der Waals surface area (Å²) in [5.74, 6) is -0.398. The third kappa shape index (κ3) is 9.37. The van der Waals surface area contributed by atoms with E-state index in [4.69, 9.17) is 0 Å². The van der Waals surface area contributed by atoms with Crippen LogP contribution < -0.4 is 4.90 Å². The molecule has 0 fully saturated rings. The van der Waals surface area contributed by atoms with Gasteiger partial charge >= 0.3 is 0 Å². The standard InChI is InChI=1S/C38H38N2O10S3/c1-4-39(24-27-8-6-10-33(21-27)51(42,43)44)30-14-12-29(13-15-30)38(36-19-17-32(41)23-37(36)53(48,49)50)35-18-16-31(20-26(35)3)40(5-2)25-28-9-7-11-34(22-28)52(45,46)47/h6-23H,4-5,24-25H2,1-3H3,(H3,42,43,44,45,46,47,48,49,50)/p-2. The number of benzene rings is 4. The molecular weight excluding hydrogens is 741 g/mol. The molecule has 4 aromatic carbocycles. The van der Waals surface area contributed by atoms with Crippen molar-refractivity contribution >= 4 is 47.3 Å². The minimum Gasteiger partial charge on any atom is -0.744 e. The van der Waals surface area contributed by atoms with E-state index < -0.39 is 41.0 Å². The minimum atomic E-state index is -5.06. The molecule has 0 amide bonds. The minimum absolute atomic E-state index is 0.0763. The molecule has 1 aliphatic rings. The van der Waals surface area contributed by atoms with Crippen molar-refractivity contribution < 1.29 is 48.6 Å². The number of aromatic hydroxyl groups is 1. The van der Waals surface area contributed by atoms with Gasteiger partial charge in [0, 0.05) is 42.1 Å². The summed E-state index contributed by atoms with van der Waals surface area (Å²) >= 11 is 0. The zero-order valence-corrected chi connectivity index (χ0v) is 31.4. The van der Waals surface area contributed by atoms with Crippen LogP contribution in [0.15, 0.2) is 129 Å². The van der Waals surface area contributed by atoms with Crippen molar-refractivity contribution in [2.24, 2.45) is 0 Å². The molecule has 15 heteroatoms. The first-order chi connectivity index (χ1) is 24.9. The van der Waals surface area contributed by atoms with Crippen molar-refractivity contribution in [1.82, 2.24) is 0 Å². The largest absolute Gasteiger partial charge is 0.744 e. The van der Waals surface area contributed by atoms with E-state index in [0.29, 0.717) is 46.5 Å². The number of phenols is 1. The number of anilines is 1. The molecule has 0 heterocycles. The Morgan fingerprint density at radius 3 is 1.83 bits per heavy atom. The molecule has 0 radical (unpaired) electrons. The molecule has 1 aliphatic carbocycles. The quantitative estimate of drug-likeness (QED) is 0.149. The molecule has 4 aromatic rings. The van der Waals surface area contributed by atoms with Gasteiger partial charge in [0.05, 0.1) is 14.7 Å². The van der Waals surface area contributed by atoms with E-state index in [9.17, 15) is 44.0 Å². The topological polar surface area (TPSA) is 198 Å². The molecule has 0 bridgehead atoms. The fraction of sp³-hybridized carbons (Fsp3) is 0.184. The average Bonchev–Trinajstić information content (AvgIpc) is 3.10. The summed E-state index contributed by atoms with van der Waals surface area (Å²) in [6, 6.07) is 20.7. The first kappa shape index (κ1) is 39.3. The van der Waals surface area contributed by atoms with Crippen LogP contribution in [0.4, 0.5) is 5.69 Å². The van der Waals surface area contributed by atoms with Gasteiger partial charge in [-0.1, -0.05) is 30.3 Å². The van der Waals surface area contributed by atoms with Gasteiger partial charge in [-0.15, -0.1) is 0 Å². The van der Waals surface area contributed by atoms with Gasteiger partial charge in [0.1, 0.15) is 42.6 Å². The highest BCUT2D eigenvalue weighted by atomic mass is 32.2. The number of aryl methyl sites for hydroxylation is 1. The van der Waals surface area contributed by atoms with Crippen LogP contribution in [0, 0.1) is 6.92 Å². The van der Waals surface area contributed by atoms with E-state index in [1.807, 2.05) is 42.4 Å². The van der Waals surface area contributed by atoms with E-state index in [0.717, 1.165) is 17.5 Å². The summed E-state index contributed by atoms with van der Waals surface area (Å²) < 4.78 is 109. The average molecular weight is 777 g/mol. The van der Waals surface area contributed by atoms with Gasteiger partial charge < -0.3 is 23.7 Å². The Morgan fingerprint density at radius 1 is 0.698 bits per heavy atom. The molecule has 278 valence electrons. The number of hydrogen-bond donors (Lipinski definition) is 1. The van der Waals surface area contributed by atoms with Crippen LogP contribution in [0.2, 0.25) is 0 Å². The fourth-order valence-corrected chi connectivity index (χ4v) is 7.94. The van der Waals surface area contributed by atoms with Crippen molar-refractivity contribution in [2.75, 3.05) is 18.0 Å². The normalized spacial score (nSPS) is 13.3. The summed E-state index contributed by atoms with van der Waals surface area (Å²) in [6.07, 6.45) is 7.14. The van der Waals surface area contributed by atoms with E-state index in [2.05, 4.69) is 0 Å². The summed E-state index contributed by atoms with van der Waals surface area (Å²) in [6.45, 7) is 7.27. The van der Waals surface area contributed by atoms with Crippen LogP contribution >= 0.6 is 0 Å². The second-order valence-electron chi connectivity index (χ2n) is 12.3. The zero-order chi connectivity index (χ0) is 38.7. The Morgan fingerprint density at radius 2 is 1.28 bits per heavy atom. The number of nitrogens with zero attached hydrogens (tertiary/aromatic N) is 2. The van der Waals surface area contributed by atoms with E-state index in [1.165, 1.54) is 48.5 Å². The van der Waals surface area contributed by atoms with Crippen LogP contribution in [0.1, 0.15) is 41.7 Å². The molecule has 0 unspecified atom stereocenters. The van der Waals surface area contributed by atoms with Crippen LogP contribution in [0.3, 0.4) is 0 Å². The Bertz CT molecular complexity index is 2520. The molecule has 1 N–H and O–H groups in total. The molecule has 0 saturated heterocycles. The molecule has 0 saturated carbocycles. The first-order valence-corrected chi connectivity index (χ1v) is 20.6. The number of hydrogen-bond acceptors (Lipinski definition) is 11. The third-order valence-electron chi connectivity index (χ3n) is 8.75. The maximum atomic E-state index is 12.5. The summed E-state index contributed by atoms with van der Waals surface area (Å²) in [4.78, 5) is 0.710. The first-order valence-electron chi connectivity index (χ1n) is 16.4. The molecule has 0 aromatic heterocycles. The summed E-state index contributed by atoms with van der Waals surface area (Å²) in [5, 5.41) is 10.2. The smallest absolute Gasteiger partial charge is 0.200 e. The monoisotopic (exact) mass is 776 g/mol. The molecule has 5 rings (SSSR count). The fourth-order valence-electron chi connectivity index (χ4n) is 6.16. The lowest BCUT2D eigenvalue weighted by Gasteiger charge is -2.26. The Kier molecular flexibility index (Phi) is 11.6. The maximum Gasteiger partial charge on any atom is 0.200 e. The van der Waals surface area contributed by atoms with Gasteiger partial charge in [0.25, 0.3) is 0 Å². The lowest BCUT2D eigenvalue weighted by Crippen LogP contribution is -2.22. The van der Waals surface area contributed by atoms with Gasteiger partial charge in [-0.05, 0) is 115 Å². The van der Waals surface area contributed by atoms with Gasteiger partial charge in [0.15, 0.2) is 12.3 Å². The summed E-state index contributed by atoms with van der Waals surface area (Å²) in [7, 11) is -14.3. The van der Waals surface area contributed by atoms with E-state index in [1.54, 1.807) is 42.5 Å². The molecule has 53 heavy (non-hydrogen) atoms. The highest BCUT2D eigenvalue weighted by Crippen LogP contribution is 2.38. The molecule has 0 atom stereocenters. The molecule has 0 aliphatic heterocycles. The van der Waals surface area contributed by atoms with Crippen molar-refractivity contribution in [2.45, 2.75) is 48.5 Å². The molecule has 0 spiro atoms. The van der Waals surface area contributed by atoms with Crippen LogP contribution in [0.5, 0.6) is 5.75 Å². The van der Waals surface area contributed by atoms with Crippen molar-refractivity contribution in [1.29, 1.82) is 0 Å². The van der Waals surface area contributed by atoms with Crippen molar-refractivity contribution in [3.8, 4) is 5.75 Å².